The number of anilines is 1. The van der Waals surface area contributed by atoms with Crippen molar-refractivity contribution in [1.29, 1.82) is 0 Å². The molecule has 1 fully saturated rings. The number of hydrogen-bond donors (Lipinski definition) is 0. The lowest BCUT2D eigenvalue weighted by Crippen LogP contribution is -2.29. The van der Waals surface area contributed by atoms with Gasteiger partial charge in [-0.15, -0.1) is 0 Å². The summed E-state index contributed by atoms with van der Waals surface area (Å²) in [5.74, 6) is 0.910. The van der Waals surface area contributed by atoms with E-state index in [1.54, 1.807) is 59.5 Å². The van der Waals surface area contributed by atoms with Gasteiger partial charge in [-0.3, -0.25) is 4.79 Å². The number of halogens is 4. The van der Waals surface area contributed by atoms with Crippen LogP contribution >= 0.6 is 11.6 Å². The molecule has 3 aromatic carbocycles. The van der Waals surface area contributed by atoms with Crippen molar-refractivity contribution in [3.05, 3.63) is 88.9 Å². The first kappa shape index (κ1) is 23.2. The maximum Gasteiger partial charge on any atom is 0.416 e. The van der Waals surface area contributed by atoms with Gasteiger partial charge in [0.1, 0.15) is 11.5 Å². The van der Waals surface area contributed by atoms with Gasteiger partial charge < -0.3 is 9.64 Å². The van der Waals surface area contributed by atoms with Gasteiger partial charge in [-0.05, 0) is 79.1 Å². The number of benzene rings is 3. The van der Waals surface area contributed by atoms with Crippen LogP contribution in [0.2, 0.25) is 5.02 Å². The number of carbonyl (C=O) groups excluding carboxylic acids is 1. The molecule has 3 aromatic rings. The highest BCUT2D eigenvalue weighted by Gasteiger charge is 2.41. The summed E-state index contributed by atoms with van der Waals surface area (Å²) in [5.41, 5.74) is 0.404. The van der Waals surface area contributed by atoms with E-state index < -0.39 is 17.8 Å². The molecule has 1 saturated heterocycles. The topological polar surface area (TPSA) is 29.5 Å². The number of amides is 1. The molecule has 0 radical (unpaired) electrons. The van der Waals surface area contributed by atoms with E-state index in [4.69, 9.17) is 16.3 Å². The average Bonchev–Trinajstić information content (AvgIpc) is 3.12. The molecule has 1 aliphatic rings. The third kappa shape index (κ3) is 5.17. The maximum absolute atomic E-state index is 13.3. The molecule has 4 rings (SSSR count). The van der Waals surface area contributed by atoms with Gasteiger partial charge in [0.05, 0.1) is 11.6 Å². The van der Waals surface area contributed by atoms with Crippen LogP contribution in [0.4, 0.5) is 18.9 Å². The Morgan fingerprint density at radius 3 is 2.24 bits per heavy atom. The van der Waals surface area contributed by atoms with Crippen molar-refractivity contribution >= 4 is 23.2 Å². The lowest BCUT2D eigenvalue weighted by Gasteiger charge is -2.26. The number of ether oxygens (including phenoxy) is 1. The molecule has 172 valence electrons. The monoisotopic (exact) mass is 473 g/mol. The van der Waals surface area contributed by atoms with E-state index in [9.17, 15) is 18.0 Å². The summed E-state index contributed by atoms with van der Waals surface area (Å²) in [6.07, 6.45) is -2.43. The molecule has 0 unspecified atom stereocenters. The van der Waals surface area contributed by atoms with Crippen molar-refractivity contribution in [1.82, 2.24) is 0 Å². The first-order chi connectivity index (χ1) is 15.8. The lowest BCUT2D eigenvalue weighted by atomic mass is 9.95. The minimum atomic E-state index is -4.44. The molecular formula is C26H23ClF3NO2. The van der Waals surface area contributed by atoms with Gasteiger partial charge >= 0.3 is 6.18 Å². The van der Waals surface area contributed by atoms with Gasteiger partial charge in [0.2, 0.25) is 5.91 Å². The fourth-order valence-electron chi connectivity index (χ4n) is 4.24. The first-order valence-electron chi connectivity index (χ1n) is 10.8. The molecule has 7 heteroatoms. The van der Waals surface area contributed by atoms with Crippen LogP contribution in [-0.2, 0) is 11.0 Å². The molecule has 3 nitrogen and oxygen atoms in total. The van der Waals surface area contributed by atoms with Crippen LogP contribution in [0.1, 0.15) is 43.4 Å². The van der Waals surface area contributed by atoms with Crippen molar-refractivity contribution in [2.75, 3.05) is 4.90 Å². The Bertz CT molecular complexity index is 1110. The van der Waals surface area contributed by atoms with E-state index in [-0.39, 0.29) is 11.8 Å². The number of rotatable bonds is 6. The molecule has 0 spiro atoms. The SMILES string of the molecule is CCC[C@H]1C[C@H](c2cccc(C(F)(F)F)c2)N(c2ccc(Oc3ccc(Cl)cc3)cc2)C1=O. The summed E-state index contributed by atoms with van der Waals surface area (Å²) in [6, 6.07) is 18.8. The normalized spacial score (nSPS) is 18.6. The Morgan fingerprint density at radius 1 is 1.00 bits per heavy atom. The second kappa shape index (κ2) is 9.48. The molecule has 0 aliphatic carbocycles. The van der Waals surface area contributed by atoms with Crippen molar-refractivity contribution in [3.63, 3.8) is 0 Å². The van der Waals surface area contributed by atoms with Crippen LogP contribution < -0.4 is 9.64 Å². The molecule has 33 heavy (non-hydrogen) atoms. The first-order valence-corrected chi connectivity index (χ1v) is 11.2. The largest absolute Gasteiger partial charge is 0.457 e. The highest BCUT2D eigenvalue weighted by molar-refractivity contribution is 6.30. The Kier molecular flexibility index (Phi) is 6.66. The third-order valence-corrected chi connectivity index (χ3v) is 6.06. The zero-order valence-corrected chi connectivity index (χ0v) is 18.7. The Morgan fingerprint density at radius 2 is 1.64 bits per heavy atom. The van der Waals surface area contributed by atoms with Crippen LogP contribution in [0, 0.1) is 5.92 Å². The summed E-state index contributed by atoms with van der Waals surface area (Å²) < 4.78 is 45.7. The van der Waals surface area contributed by atoms with E-state index in [1.807, 2.05) is 6.92 Å². The van der Waals surface area contributed by atoms with Gasteiger partial charge in [-0.1, -0.05) is 37.1 Å². The van der Waals surface area contributed by atoms with Crippen molar-refractivity contribution < 1.29 is 22.7 Å². The average molecular weight is 474 g/mol. The lowest BCUT2D eigenvalue weighted by molar-refractivity contribution is -0.137. The van der Waals surface area contributed by atoms with Gasteiger partial charge in [-0.2, -0.15) is 13.2 Å². The smallest absolute Gasteiger partial charge is 0.416 e. The summed E-state index contributed by atoms with van der Waals surface area (Å²) in [6.45, 7) is 2.00. The third-order valence-electron chi connectivity index (χ3n) is 5.81. The minimum absolute atomic E-state index is 0.0642. The molecule has 0 aromatic heterocycles. The number of alkyl halides is 3. The highest BCUT2D eigenvalue weighted by atomic mass is 35.5. The van der Waals surface area contributed by atoms with Gasteiger partial charge in [0.15, 0.2) is 0 Å². The number of nitrogens with zero attached hydrogens (tertiary/aromatic N) is 1. The van der Waals surface area contributed by atoms with Gasteiger partial charge in [-0.25, -0.2) is 0 Å². The maximum atomic E-state index is 13.3. The Balaban J connectivity index is 1.63. The van der Waals surface area contributed by atoms with Gasteiger partial charge in [0, 0.05) is 16.6 Å². The zero-order chi connectivity index (χ0) is 23.6. The summed E-state index contributed by atoms with van der Waals surface area (Å²) >= 11 is 5.90. The molecule has 0 saturated carbocycles. The molecule has 0 bridgehead atoms. The van der Waals surface area contributed by atoms with Gasteiger partial charge in [0.25, 0.3) is 0 Å². The molecule has 1 amide bonds. The van der Waals surface area contributed by atoms with Crippen molar-refractivity contribution in [3.8, 4) is 11.5 Å². The summed E-state index contributed by atoms with van der Waals surface area (Å²) in [5, 5.41) is 0.604. The minimum Gasteiger partial charge on any atom is -0.457 e. The fourth-order valence-corrected chi connectivity index (χ4v) is 4.37. The summed E-state index contributed by atoms with van der Waals surface area (Å²) in [7, 11) is 0. The van der Waals surface area contributed by atoms with Crippen LogP contribution in [0.15, 0.2) is 72.8 Å². The standard InChI is InChI=1S/C26H23ClF3NO2/c1-2-4-18-16-24(17-5-3-6-19(15-17)26(28,29)30)31(25(18)32)21-9-13-23(14-10-21)33-22-11-7-20(27)8-12-22/h3,5-15,18,24H,2,4,16H2,1H3/t18-,24+/m0/s1. The van der Waals surface area contributed by atoms with E-state index in [0.717, 1.165) is 18.6 Å². The fraction of sp³-hybridized carbons (Fsp3) is 0.269. The molecule has 2 atom stereocenters. The molecule has 0 N–H and O–H groups in total. The quantitative estimate of drug-likeness (QED) is 0.362. The van der Waals surface area contributed by atoms with E-state index in [2.05, 4.69) is 0 Å². The molecular weight excluding hydrogens is 451 g/mol. The Hall–Kier alpha value is -2.99. The zero-order valence-electron chi connectivity index (χ0n) is 18.0. The summed E-state index contributed by atoms with van der Waals surface area (Å²) in [4.78, 5) is 14.9. The van der Waals surface area contributed by atoms with E-state index in [1.165, 1.54) is 6.07 Å². The number of carbonyl (C=O) groups is 1. The van der Waals surface area contributed by atoms with E-state index >= 15 is 0 Å². The van der Waals surface area contributed by atoms with Crippen LogP contribution in [0.3, 0.4) is 0 Å². The Labute approximate surface area is 195 Å². The number of hydrogen-bond acceptors (Lipinski definition) is 2. The van der Waals surface area contributed by atoms with Crippen LogP contribution in [-0.4, -0.2) is 5.91 Å². The molecule has 1 aliphatic heterocycles. The van der Waals surface area contributed by atoms with Crippen molar-refractivity contribution in [2.24, 2.45) is 5.92 Å². The second-order valence-corrected chi connectivity index (χ2v) is 8.55. The predicted octanol–water partition coefficient (Wildman–Crippen LogP) is 8.05. The van der Waals surface area contributed by atoms with Crippen LogP contribution in [0.5, 0.6) is 11.5 Å². The molecule has 1 heterocycles. The van der Waals surface area contributed by atoms with Crippen molar-refractivity contribution in [2.45, 2.75) is 38.4 Å². The predicted molar refractivity (Wildman–Crippen MR) is 123 cm³/mol. The highest BCUT2D eigenvalue weighted by Crippen LogP contribution is 2.43. The van der Waals surface area contributed by atoms with Crippen LogP contribution in [0.25, 0.3) is 0 Å². The second-order valence-electron chi connectivity index (χ2n) is 8.12. The van der Waals surface area contributed by atoms with E-state index in [0.29, 0.717) is 40.6 Å².